The molecule has 1 aromatic carbocycles. The molecule has 12 heavy (non-hydrogen) atoms. The summed E-state index contributed by atoms with van der Waals surface area (Å²) < 4.78 is 0. The van der Waals surface area contributed by atoms with E-state index in [1.54, 1.807) is 6.20 Å². The van der Waals surface area contributed by atoms with Crippen molar-refractivity contribution in [2.24, 2.45) is 0 Å². The summed E-state index contributed by atoms with van der Waals surface area (Å²) in [6, 6.07) is 11.9. The predicted octanol–water partition coefficient (Wildman–Crippen LogP) is 1.94. The zero-order valence-corrected chi connectivity index (χ0v) is 6.44. The molecule has 0 unspecified atom stereocenters. The standard InChI is InChI=1S/C10H7N2/c1-2-4-9(5-3-1)10-6-7-11-12-8-10/h1-6,8H. The van der Waals surface area contributed by atoms with Gasteiger partial charge in [0.2, 0.25) is 0 Å². The molecule has 0 N–H and O–H groups in total. The molecule has 0 spiro atoms. The number of rotatable bonds is 1. The van der Waals surface area contributed by atoms with Gasteiger partial charge in [-0.15, -0.1) is 5.10 Å². The van der Waals surface area contributed by atoms with Crippen LogP contribution in [0.1, 0.15) is 0 Å². The van der Waals surface area contributed by atoms with E-state index < -0.39 is 0 Å². The highest BCUT2D eigenvalue weighted by Crippen LogP contribution is 2.15. The van der Waals surface area contributed by atoms with Crippen LogP contribution in [0, 0.1) is 6.20 Å². The van der Waals surface area contributed by atoms with Gasteiger partial charge in [-0.2, -0.15) is 5.10 Å². The Morgan fingerprint density at radius 1 is 1.00 bits per heavy atom. The summed E-state index contributed by atoms with van der Waals surface area (Å²) in [5.41, 5.74) is 2.19. The maximum absolute atomic E-state index is 3.76. The van der Waals surface area contributed by atoms with Crippen LogP contribution in [0.3, 0.4) is 0 Å². The summed E-state index contributed by atoms with van der Waals surface area (Å²) in [5, 5.41) is 7.35. The minimum absolute atomic E-state index is 1.05. The molecule has 0 saturated heterocycles. The summed E-state index contributed by atoms with van der Waals surface area (Å²) in [4.78, 5) is 0. The van der Waals surface area contributed by atoms with Gasteiger partial charge in [-0.25, -0.2) is 0 Å². The molecule has 0 saturated carbocycles. The van der Waals surface area contributed by atoms with E-state index in [0.717, 1.165) is 11.1 Å². The van der Waals surface area contributed by atoms with Crippen molar-refractivity contribution in [3.05, 3.63) is 48.8 Å². The van der Waals surface area contributed by atoms with Gasteiger partial charge in [0.25, 0.3) is 0 Å². The average Bonchev–Trinajstić information content (AvgIpc) is 2.21. The van der Waals surface area contributed by atoms with Crippen LogP contribution in [0.4, 0.5) is 0 Å². The Morgan fingerprint density at radius 2 is 1.83 bits per heavy atom. The predicted molar refractivity (Wildman–Crippen MR) is 46.3 cm³/mol. The summed E-state index contributed by atoms with van der Waals surface area (Å²) in [5.74, 6) is 0. The zero-order valence-electron chi connectivity index (χ0n) is 6.44. The van der Waals surface area contributed by atoms with Gasteiger partial charge >= 0.3 is 0 Å². The van der Waals surface area contributed by atoms with Crippen molar-refractivity contribution in [2.45, 2.75) is 0 Å². The van der Waals surface area contributed by atoms with E-state index in [1.807, 2.05) is 36.4 Å². The number of hydrogen-bond donors (Lipinski definition) is 0. The third-order valence-corrected chi connectivity index (χ3v) is 1.64. The lowest BCUT2D eigenvalue weighted by Gasteiger charge is -1.96. The van der Waals surface area contributed by atoms with E-state index in [9.17, 15) is 0 Å². The van der Waals surface area contributed by atoms with Crippen molar-refractivity contribution in [3.8, 4) is 11.1 Å². The molecule has 0 aliphatic carbocycles. The van der Waals surface area contributed by atoms with E-state index in [2.05, 4.69) is 16.4 Å². The van der Waals surface area contributed by atoms with E-state index in [0.29, 0.717) is 0 Å². The molecule has 1 heterocycles. The molecule has 1 radical (unpaired) electrons. The average molecular weight is 155 g/mol. The summed E-state index contributed by atoms with van der Waals surface area (Å²) in [6.07, 6.45) is 4.43. The first-order valence-electron chi connectivity index (χ1n) is 3.71. The van der Waals surface area contributed by atoms with Gasteiger partial charge in [0, 0.05) is 5.56 Å². The van der Waals surface area contributed by atoms with Crippen molar-refractivity contribution in [3.63, 3.8) is 0 Å². The fourth-order valence-electron chi connectivity index (χ4n) is 1.05. The van der Waals surface area contributed by atoms with Gasteiger partial charge in [-0.05, 0) is 11.6 Å². The Hall–Kier alpha value is -1.70. The van der Waals surface area contributed by atoms with E-state index in [1.165, 1.54) is 0 Å². The van der Waals surface area contributed by atoms with Gasteiger partial charge in [0.15, 0.2) is 0 Å². The van der Waals surface area contributed by atoms with E-state index in [4.69, 9.17) is 0 Å². The van der Waals surface area contributed by atoms with Crippen molar-refractivity contribution in [1.29, 1.82) is 0 Å². The minimum Gasteiger partial charge on any atom is -0.158 e. The van der Waals surface area contributed by atoms with Crippen molar-refractivity contribution >= 4 is 0 Å². The lowest BCUT2D eigenvalue weighted by Crippen LogP contribution is -1.81. The Bertz CT molecular complexity index is 305. The Labute approximate surface area is 70.9 Å². The maximum Gasteiger partial charge on any atom is 0.114 e. The highest BCUT2D eigenvalue weighted by molar-refractivity contribution is 5.61. The molecule has 2 heteroatoms. The maximum atomic E-state index is 3.76. The van der Waals surface area contributed by atoms with Crippen LogP contribution in [0.25, 0.3) is 11.1 Å². The molecule has 0 bridgehead atoms. The monoisotopic (exact) mass is 155 g/mol. The topological polar surface area (TPSA) is 25.8 Å². The summed E-state index contributed by atoms with van der Waals surface area (Å²) in [7, 11) is 0. The first-order chi connectivity index (χ1) is 5.97. The van der Waals surface area contributed by atoms with Crippen LogP contribution in [0.5, 0.6) is 0 Å². The normalized spacial score (nSPS) is 9.67. The van der Waals surface area contributed by atoms with E-state index in [-0.39, 0.29) is 0 Å². The molecule has 0 aliphatic rings. The highest BCUT2D eigenvalue weighted by Gasteiger charge is 1.93. The fourth-order valence-corrected chi connectivity index (χ4v) is 1.05. The van der Waals surface area contributed by atoms with Gasteiger partial charge in [-0.1, -0.05) is 30.3 Å². The molecule has 0 aliphatic heterocycles. The van der Waals surface area contributed by atoms with Crippen LogP contribution in [0.15, 0.2) is 42.6 Å². The van der Waals surface area contributed by atoms with Crippen LogP contribution >= 0.6 is 0 Å². The van der Waals surface area contributed by atoms with Crippen LogP contribution < -0.4 is 0 Å². The highest BCUT2D eigenvalue weighted by atomic mass is 15.1. The van der Waals surface area contributed by atoms with E-state index >= 15 is 0 Å². The quantitative estimate of drug-likeness (QED) is 0.629. The fraction of sp³-hybridized carbons (Fsp3) is 0. The van der Waals surface area contributed by atoms with Gasteiger partial charge < -0.3 is 0 Å². The summed E-state index contributed by atoms with van der Waals surface area (Å²) >= 11 is 0. The molecular formula is C10H7N2. The molecule has 2 nitrogen and oxygen atoms in total. The lowest BCUT2D eigenvalue weighted by atomic mass is 10.1. The molecule has 2 aromatic rings. The second kappa shape index (κ2) is 3.13. The van der Waals surface area contributed by atoms with Gasteiger partial charge in [0.1, 0.15) is 6.20 Å². The molecule has 1 aromatic heterocycles. The smallest absolute Gasteiger partial charge is 0.114 e. The molecule has 0 amide bonds. The Morgan fingerprint density at radius 3 is 2.50 bits per heavy atom. The van der Waals surface area contributed by atoms with Crippen LogP contribution in [-0.4, -0.2) is 10.2 Å². The SMILES string of the molecule is [c]1cc(-c2ccccc2)cnn1. The first kappa shape index (κ1) is 6.98. The number of hydrogen-bond acceptors (Lipinski definition) is 2. The largest absolute Gasteiger partial charge is 0.158 e. The van der Waals surface area contributed by atoms with Gasteiger partial charge in [0.05, 0.1) is 6.20 Å². The third-order valence-electron chi connectivity index (χ3n) is 1.64. The third kappa shape index (κ3) is 1.32. The minimum atomic E-state index is 1.05. The van der Waals surface area contributed by atoms with Crippen molar-refractivity contribution in [1.82, 2.24) is 10.2 Å². The lowest BCUT2D eigenvalue weighted by molar-refractivity contribution is 1.02. The van der Waals surface area contributed by atoms with Crippen molar-refractivity contribution < 1.29 is 0 Å². The van der Waals surface area contributed by atoms with Crippen LogP contribution in [-0.2, 0) is 0 Å². The van der Waals surface area contributed by atoms with Crippen LogP contribution in [0.2, 0.25) is 0 Å². The number of nitrogens with zero attached hydrogens (tertiary/aromatic N) is 2. The molecule has 2 rings (SSSR count). The molecule has 57 valence electrons. The first-order valence-corrected chi connectivity index (χ1v) is 3.71. The molecule has 0 fully saturated rings. The molecular weight excluding hydrogens is 148 g/mol. The number of aromatic nitrogens is 2. The zero-order chi connectivity index (χ0) is 8.23. The van der Waals surface area contributed by atoms with Gasteiger partial charge in [-0.3, -0.25) is 0 Å². The second-order valence-corrected chi connectivity index (χ2v) is 2.44. The Balaban J connectivity index is 2.46. The summed E-state index contributed by atoms with van der Waals surface area (Å²) in [6.45, 7) is 0. The second-order valence-electron chi connectivity index (χ2n) is 2.44. The van der Waals surface area contributed by atoms with Crippen molar-refractivity contribution in [2.75, 3.05) is 0 Å². The Kier molecular flexibility index (Phi) is 1.82. The number of benzene rings is 1. The molecule has 0 atom stereocenters.